The maximum Gasteiger partial charge on any atom is 0.254 e. The number of nitrogens with zero attached hydrogens (tertiary/aromatic N) is 3. The van der Waals surface area contributed by atoms with E-state index in [1.807, 2.05) is 11.0 Å². The van der Waals surface area contributed by atoms with Gasteiger partial charge in [0.25, 0.3) is 5.91 Å². The zero-order valence-corrected chi connectivity index (χ0v) is 10.8. The van der Waals surface area contributed by atoms with Crippen molar-refractivity contribution in [2.75, 3.05) is 19.7 Å². The molecule has 0 spiro atoms. The van der Waals surface area contributed by atoms with Crippen molar-refractivity contribution < 1.29 is 9.53 Å². The van der Waals surface area contributed by atoms with Crippen molar-refractivity contribution in [2.24, 2.45) is 0 Å². The summed E-state index contributed by atoms with van der Waals surface area (Å²) in [5, 5.41) is 10.5. The molecule has 1 atom stereocenters. The molecular formula is C13H16N4O2. The fourth-order valence-corrected chi connectivity index (χ4v) is 2.31. The lowest BCUT2D eigenvalue weighted by Crippen LogP contribution is -2.45. The van der Waals surface area contributed by atoms with Crippen LogP contribution < -0.4 is 0 Å². The lowest BCUT2D eigenvalue weighted by Gasteiger charge is -2.32. The van der Waals surface area contributed by atoms with Gasteiger partial charge in [-0.25, -0.2) is 0 Å². The zero-order chi connectivity index (χ0) is 13.2. The SMILES string of the molecule is CCC1CN(C(=O)c2ccc3n[nH]nc3c2)CCO1. The molecule has 1 aliphatic rings. The van der Waals surface area contributed by atoms with Crippen molar-refractivity contribution in [2.45, 2.75) is 19.4 Å². The van der Waals surface area contributed by atoms with Gasteiger partial charge >= 0.3 is 0 Å². The van der Waals surface area contributed by atoms with Crippen LogP contribution in [0.4, 0.5) is 0 Å². The van der Waals surface area contributed by atoms with Gasteiger partial charge < -0.3 is 9.64 Å². The minimum atomic E-state index is 0.0339. The van der Waals surface area contributed by atoms with Crippen LogP contribution in [0.15, 0.2) is 18.2 Å². The number of amides is 1. The van der Waals surface area contributed by atoms with Gasteiger partial charge in [0, 0.05) is 18.7 Å². The largest absolute Gasteiger partial charge is 0.375 e. The number of aromatic amines is 1. The zero-order valence-electron chi connectivity index (χ0n) is 10.8. The maximum absolute atomic E-state index is 12.4. The number of aromatic nitrogens is 3. The van der Waals surface area contributed by atoms with Gasteiger partial charge in [-0.3, -0.25) is 4.79 Å². The first kappa shape index (κ1) is 12.1. The van der Waals surface area contributed by atoms with Crippen molar-refractivity contribution in [3.63, 3.8) is 0 Å². The number of hydrogen-bond donors (Lipinski definition) is 1. The normalized spacial score (nSPS) is 19.8. The number of morpholine rings is 1. The first-order valence-electron chi connectivity index (χ1n) is 6.49. The third-order valence-electron chi connectivity index (χ3n) is 3.44. The van der Waals surface area contributed by atoms with Crippen molar-refractivity contribution in [1.29, 1.82) is 0 Å². The molecule has 1 saturated heterocycles. The van der Waals surface area contributed by atoms with E-state index in [4.69, 9.17) is 4.74 Å². The molecule has 0 aliphatic carbocycles. The van der Waals surface area contributed by atoms with Crippen LogP contribution in [-0.2, 0) is 4.74 Å². The fraction of sp³-hybridized carbons (Fsp3) is 0.462. The van der Waals surface area contributed by atoms with Crippen molar-refractivity contribution >= 4 is 16.9 Å². The smallest absolute Gasteiger partial charge is 0.254 e. The molecule has 1 N–H and O–H groups in total. The van der Waals surface area contributed by atoms with Crippen LogP contribution in [-0.4, -0.2) is 52.0 Å². The Hall–Kier alpha value is -1.95. The molecule has 3 rings (SSSR count). The molecule has 6 nitrogen and oxygen atoms in total. The minimum absolute atomic E-state index is 0.0339. The average Bonchev–Trinajstić information content (AvgIpc) is 2.94. The van der Waals surface area contributed by atoms with Gasteiger partial charge in [-0.15, -0.1) is 0 Å². The molecule has 6 heteroatoms. The predicted octanol–water partition coefficient (Wildman–Crippen LogP) is 1.21. The van der Waals surface area contributed by atoms with Gasteiger partial charge in [-0.1, -0.05) is 6.92 Å². The fourth-order valence-electron chi connectivity index (χ4n) is 2.31. The topological polar surface area (TPSA) is 71.1 Å². The molecule has 0 saturated carbocycles. The highest BCUT2D eigenvalue weighted by Gasteiger charge is 2.24. The first-order valence-corrected chi connectivity index (χ1v) is 6.49. The van der Waals surface area contributed by atoms with Crippen LogP contribution >= 0.6 is 0 Å². The van der Waals surface area contributed by atoms with Gasteiger partial charge in [0.05, 0.1) is 12.7 Å². The third kappa shape index (κ3) is 2.31. The summed E-state index contributed by atoms with van der Waals surface area (Å²) in [4.78, 5) is 14.3. The van der Waals surface area contributed by atoms with Crippen molar-refractivity contribution in [1.82, 2.24) is 20.3 Å². The Morgan fingerprint density at radius 2 is 2.32 bits per heavy atom. The van der Waals surface area contributed by atoms with Crippen LogP contribution in [0.5, 0.6) is 0 Å². The number of carbonyl (C=O) groups is 1. The lowest BCUT2D eigenvalue weighted by atomic mass is 10.1. The highest BCUT2D eigenvalue weighted by molar-refractivity contribution is 5.97. The van der Waals surface area contributed by atoms with Crippen LogP contribution in [0.3, 0.4) is 0 Å². The van der Waals surface area contributed by atoms with E-state index < -0.39 is 0 Å². The molecule has 0 radical (unpaired) electrons. The molecule has 1 amide bonds. The number of H-pyrrole nitrogens is 1. The maximum atomic E-state index is 12.4. The molecule has 2 aromatic rings. The summed E-state index contributed by atoms with van der Waals surface area (Å²) in [6.07, 6.45) is 1.07. The van der Waals surface area contributed by atoms with E-state index in [1.54, 1.807) is 12.1 Å². The second kappa shape index (κ2) is 4.97. The van der Waals surface area contributed by atoms with E-state index in [1.165, 1.54) is 0 Å². The van der Waals surface area contributed by atoms with Gasteiger partial charge in [0.1, 0.15) is 11.0 Å². The molecule has 1 unspecified atom stereocenters. The Morgan fingerprint density at radius 3 is 3.16 bits per heavy atom. The number of nitrogens with one attached hydrogen (secondary N) is 1. The van der Waals surface area contributed by atoms with Crippen molar-refractivity contribution in [3.05, 3.63) is 23.8 Å². The number of fused-ring (bicyclic) bond motifs is 1. The highest BCUT2D eigenvalue weighted by atomic mass is 16.5. The molecule has 1 aromatic heterocycles. The number of benzene rings is 1. The summed E-state index contributed by atoms with van der Waals surface area (Å²) < 4.78 is 5.58. The van der Waals surface area contributed by atoms with Gasteiger partial charge in [-0.05, 0) is 24.6 Å². The molecule has 0 bridgehead atoms. The summed E-state index contributed by atoms with van der Waals surface area (Å²) in [6, 6.07) is 5.38. The Morgan fingerprint density at radius 1 is 1.47 bits per heavy atom. The van der Waals surface area contributed by atoms with Gasteiger partial charge in [0.15, 0.2) is 0 Å². The van der Waals surface area contributed by atoms with E-state index >= 15 is 0 Å². The van der Waals surface area contributed by atoms with E-state index in [-0.39, 0.29) is 12.0 Å². The molecule has 2 heterocycles. The van der Waals surface area contributed by atoms with Gasteiger partial charge in [-0.2, -0.15) is 15.4 Å². The number of ether oxygens (including phenoxy) is 1. The number of carbonyl (C=O) groups excluding carboxylic acids is 1. The summed E-state index contributed by atoms with van der Waals surface area (Å²) in [5.41, 5.74) is 2.13. The van der Waals surface area contributed by atoms with Gasteiger partial charge in [0.2, 0.25) is 0 Å². The van der Waals surface area contributed by atoms with Crippen LogP contribution in [0.2, 0.25) is 0 Å². The summed E-state index contributed by atoms with van der Waals surface area (Å²) in [7, 11) is 0. The summed E-state index contributed by atoms with van der Waals surface area (Å²) >= 11 is 0. The Balaban J connectivity index is 1.82. The monoisotopic (exact) mass is 260 g/mol. The van der Waals surface area contributed by atoms with E-state index in [2.05, 4.69) is 22.3 Å². The summed E-state index contributed by atoms with van der Waals surface area (Å²) in [6.45, 7) is 3.98. The second-order valence-corrected chi connectivity index (χ2v) is 4.68. The highest BCUT2D eigenvalue weighted by Crippen LogP contribution is 2.15. The van der Waals surface area contributed by atoms with Crippen LogP contribution in [0, 0.1) is 0 Å². The molecular weight excluding hydrogens is 244 g/mol. The lowest BCUT2D eigenvalue weighted by molar-refractivity contribution is -0.0226. The first-order chi connectivity index (χ1) is 9.28. The van der Waals surface area contributed by atoms with E-state index in [0.29, 0.717) is 30.8 Å². The minimum Gasteiger partial charge on any atom is -0.375 e. The van der Waals surface area contributed by atoms with Crippen LogP contribution in [0.25, 0.3) is 11.0 Å². The molecule has 1 fully saturated rings. The second-order valence-electron chi connectivity index (χ2n) is 4.68. The molecule has 1 aromatic carbocycles. The van der Waals surface area contributed by atoms with E-state index in [9.17, 15) is 4.79 Å². The molecule has 1 aliphatic heterocycles. The molecule has 19 heavy (non-hydrogen) atoms. The quantitative estimate of drug-likeness (QED) is 0.881. The van der Waals surface area contributed by atoms with Crippen LogP contribution in [0.1, 0.15) is 23.7 Å². The predicted molar refractivity (Wildman–Crippen MR) is 69.8 cm³/mol. The number of rotatable bonds is 2. The number of hydrogen-bond acceptors (Lipinski definition) is 4. The Labute approximate surface area is 110 Å². The Kier molecular flexibility index (Phi) is 3.16. The summed E-state index contributed by atoms with van der Waals surface area (Å²) in [5.74, 6) is 0.0339. The molecule has 100 valence electrons. The van der Waals surface area contributed by atoms with E-state index in [0.717, 1.165) is 11.9 Å². The standard InChI is InChI=1S/C13H16N4O2/c1-2-10-8-17(5-6-19-10)13(18)9-3-4-11-12(7-9)15-16-14-11/h3-4,7,10H,2,5-6,8H2,1H3,(H,14,15,16). The Bertz CT molecular complexity index is 595. The third-order valence-corrected chi connectivity index (χ3v) is 3.44. The average molecular weight is 260 g/mol. The van der Waals surface area contributed by atoms with Crippen molar-refractivity contribution in [3.8, 4) is 0 Å².